The number of likely N-dealkylation sites (tertiary alicyclic amines) is 1. The molecule has 6 bridgehead atoms. The molecule has 6 fully saturated rings. The molecular weight excluding hydrogens is 420 g/mol. The van der Waals surface area contributed by atoms with E-state index in [1.807, 2.05) is 0 Å². The summed E-state index contributed by atoms with van der Waals surface area (Å²) in [4.78, 5) is 23.7. The number of carbonyl (C=O) groups is 2. The van der Waals surface area contributed by atoms with Crippen LogP contribution < -0.4 is 5.32 Å². The first-order valence-electron chi connectivity index (χ1n) is 13.0. The lowest BCUT2D eigenvalue weighted by atomic mass is 9.78. The number of carbonyl (C=O) groups excluding carboxylic acids is 1. The molecule has 33 heavy (non-hydrogen) atoms. The first-order chi connectivity index (χ1) is 15.8. The van der Waals surface area contributed by atoms with Crippen molar-refractivity contribution in [3.63, 3.8) is 0 Å². The first-order valence-corrected chi connectivity index (χ1v) is 13.0. The summed E-state index contributed by atoms with van der Waals surface area (Å²) in [7, 11) is 2.95. The van der Waals surface area contributed by atoms with E-state index in [4.69, 9.17) is 9.84 Å². The lowest BCUT2D eigenvalue weighted by Crippen LogP contribution is -2.51. The molecule has 0 radical (unpaired) electrons. The van der Waals surface area contributed by atoms with Crippen LogP contribution in [0.3, 0.4) is 0 Å². The van der Waals surface area contributed by atoms with Crippen LogP contribution in [0.2, 0.25) is 0 Å². The van der Waals surface area contributed by atoms with Crippen LogP contribution in [0.4, 0.5) is 0 Å². The van der Waals surface area contributed by atoms with E-state index < -0.39 is 5.97 Å². The van der Waals surface area contributed by atoms with Gasteiger partial charge in [0.05, 0.1) is 0 Å². The number of rotatable bonds is 4. The minimum atomic E-state index is -0.933. The molecule has 188 valence electrons. The Morgan fingerprint density at radius 2 is 1.45 bits per heavy atom. The second-order valence-electron chi connectivity index (χ2n) is 11.6. The highest BCUT2D eigenvalue weighted by molar-refractivity contribution is 5.78. The molecule has 1 amide bonds. The number of hydrogen-bond donors (Lipinski definition) is 2. The van der Waals surface area contributed by atoms with Crippen molar-refractivity contribution >= 4 is 11.9 Å². The molecule has 2 heterocycles. The van der Waals surface area contributed by atoms with Crippen molar-refractivity contribution in [3.05, 3.63) is 0 Å². The number of nitrogens with zero attached hydrogens (tertiary/aromatic N) is 1. The zero-order valence-electron chi connectivity index (χ0n) is 20.9. The molecular formula is C26H44N2O5. The Kier molecular flexibility index (Phi) is 8.02. The van der Waals surface area contributed by atoms with Gasteiger partial charge in [0.25, 0.3) is 0 Å². The quantitative estimate of drug-likeness (QED) is 0.665. The van der Waals surface area contributed by atoms with Gasteiger partial charge in [-0.05, 0) is 92.4 Å². The molecule has 0 aromatic rings. The van der Waals surface area contributed by atoms with Crippen molar-refractivity contribution < 1.29 is 24.2 Å². The first kappa shape index (κ1) is 24.9. The second kappa shape index (κ2) is 10.6. The number of ether oxygens (including phenoxy) is 2. The average Bonchev–Trinajstić information content (AvgIpc) is 3.02. The summed E-state index contributed by atoms with van der Waals surface area (Å²) in [5, 5.41) is 11.5. The number of hydrogen-bond acceptors (Lipinski definition) is 5. The predicted molar refractivity (Wildman–Crippen MR) is 126 cm³/mol. The van der Waals surface area contributed by atoms with Gasteiger partial charge in [-0.15, -0.1) is 0 Å². The van der Waals surface area contributed by atoms with Gasteiger partial charge in [-0.25, -0.2) is 4.79 Å². The van der Waals surface area contributed by atoms with Crippen LogP contribution in [0.5, 0.6) is 0 Å². The van der Waals surface area contributed by atoms with Crippen LogP contribution in [-0.2, 0) is 19.1 Å². The summed E-state index contributed by atoms with van der Waals surface area (Å²) in [5.74, 6) is 6.58. The van der Waals surface area contributed by atoms with Gasteiger partial charge in [-0.2, -0.15) is 0 Å². The van der Waals surface area contributed by atoms with Crippen LogP contribution in [0.25, 0.3) is 0 Å². The minimum Gasteiger partial charge on any atom is -0.480 e. The average molecular weight is 465 g/mol. The maximum Gasteiger partial charge on any atom is 0.329 e. The molecule has 2 N–H and O–H groups in total. The fourth-order valence-electron chi connectivity index (χ4n) is 8.44. The van der Waals surface area contributed by atoms with Crippen molar-refractivity contribution in [2.45, 2.75) is 64.5 Å². The number of carboxylic acid groups (broad SMARTS) is 1. The number of fused-ring (bicyclic) bond motifs is 4. The molecule has 4 aliphatic carbocycles. The molecule has 2 aliphatic heterocycles. The van der Waals surface area contributed by atoms with Crippen molar-refractivity contribution in [1.82, 2.24) is 10.2 Å². The van der Waals surface area contributed by atoms with Gasteiger partial charge in [0.1, 0.15) is 13.2 Å². The summed E-state index contributed by atoms with van der Waals surface area (Å²) in [5.41, 5.74) is 0. The van der Waals surface area contributed by atoms with E-state index in [2.05, 4.69) is 28.8 Å². The molecule has 7 heteroatoms. The standard InChI is InChI=1S/C13H21NO2.C10H17N.C3H6O3/c1-8-10-3-9-4-11(5-10)13(8)14(6-9)12(15)7-16-2;1-6-8-2-7-3-9(4-8)10(6)11-5-7;1-6-2-3(4)5/h8-11,13H,3-7H2,1-2H3;6-11H,2-5H2,1H3;2H2,1H3,(H,4,5)/t8-,9-,10+,11-,13?;6-,7-,8+,9-,10?;/m00./s1. The van der Waals surface area contributed by atoms with E-state index in [0.717, 1.165) is 54.0 Å². The Bertz CT molecular complexity index is 694. The summed E-state index contributed by atoms with van der Waals surface area (Å²) in [6, 6.07) is 1.42. The van der Waals surface area contributed by atoms with E-state index >= 15 is 0 Å². The third kappa shape index (κ3) is 5.25. The van der Waals surface area contributed by atoms with Crippen LogP contribution in [0, 0.1) is 47.3 Å². The molecule has 0 aromatic carbocycles. The van der Waals surface area contributed by atoms with E-state index in [9.17, 15) is 9.59 Å². The number of aliphatic carboxylic acids is 1. The van der Waals surface area contributed by atoms with E-state index in [0.29, 0.717) is 12.0 Å². The second-order valence-corrected chi connectivity index (χ2v) is 11.6. The summed E-state index contributed by atoms with van der Waals surface area (Å²) < 4.78 is 9.20. The summed E-state index contributed by atoms with van der Waals surface area (Å²) in [6.07, 6.45) is 8.68. The van der Waals surface area contributed by atoms with Crippen LogP contribution >= 0.6 is 0 Å². The Balaban J connectivity index is 0.000000132. The van der Waals surface area contributed by atoms with Crippen molar-refractivity contribution in [1.29, 1.82) is 0 Å². The van der Waals surface area contributed by atoms with E-state index in [1.54, 1.807) is 13.5 Å². The van der Waals surface area contributed by atoms with E-state index in [1.165, 1.54) is 45.8 Å². The highest BCUT2D eigenvalue weighted by atomic mass is 16.5. The fourth-order valence-corrected chi connectivity index (χ4v) is 8.44. The maximum atomic E-state index is 12.1. The Morgan fingerprint density at radius 1 is 0.848 bits per heavy atom. The molecule has 10 atom stereocenters. The van der Waals surface area contributed by atoms with Crippen LogP contribution in [-0.4, -0.2) is 74.5 Å². The van der Waals surface area contributed by atoms with Crippen molar-refractivity contribution in [2.24, 2.45) is 47.3 Å². The SMILES string of the molecule is COCC(=O)N1C[C@@H]2C[C@H]3C[C@@H](C2)[C@H](C)C31.COCC(=O)O.C[C@@H]1C2NC[C@@H]3C[C@H]2C[C@H]1C3. The van der Waals surface area contributed by atoms with Gasteiger partial charge in [0.2, 0.25) is 5.91 Å². The van der Waals surface area contributed by atoms with Gasteiger partial charge in [0, 0.05) is 32.8 Å². The zero-order valence-corrected chi connectivity index (χ0v) is 20.9. The van der Waals surface area contributed by atoms with Gasteiger partial charge >= 0.3 is 5.97 Å². The lowest BCUT2D eigenvalue weighted by Gasteiger charge is -2.42. The number of amides is 1. The highest BCUT2D eigenvalue weighted by Gasteiger charge is 2.53. The lowest BCUT2D eigenvalue weighted by molar-refractivity contribution is -0.142. The molecule has 6 rings (SSSR count). The Labute approximate surface area is 198 Å². The largest absolute Gasteiger partial charge is 0.480 e. The third-order valence-electron chi connectivity index (χ3n) is 9.65. The summed E-state index contributed by atoms with van der Waals surface area (Å²) in [6.45, 7) is 7.16. The monoisotopic (exact) mass is 464 g/mol. The van der Waals surface area contributed by atoms with Crippen molar-refractivity contribution in [2.75, 3.05) is 40.5 Å². The van der Waals surface area contributed by atoms with Gasteiger partial charge < -0.3 is 24.8 Å². The fraction of sp³-hybridized carbons (Fsp3) is 0.923. The Hall–Kier alpha value is -1.18. The van der Waals surface area contributed by atoms with Crippen molar-refractivity contribution in [3.8, 4) is 0 Å². The van der Waals surface area contributed by atoms with Gasteiger partial charge in [0.15, 0.2) is 0 Å². The molecule has 4 saturated carbocycles. The number of nitrogens with one attached hydrogen (secondary N) is 1. The smallest absolute Gasteiger partial charge is 0.329 e. The number of carboxylic acids is 1. The normalized spacial score (nSPS) is 43.5. The predicted octanol–water partition coefficient (Wildman–Crippen LogP) is 2.88. The number of piperidine rings is 2. The Morgan fingerprint density at radius 3 is 2.12 bits per heavy atom. The van der Waals surface area contributed by atoms with Gasteiger partial charge in [-0.1, -0.05) is 13.8 Å². The summed E-state index contributed by atoms with van der Waals surface area (Å²) >= 11 is 0. The molecule has 2 saturated heterocycles. The topological polar surface area (TPSA) is 88.1 Å². The van der Waals surface area contributed by atoms with E-state index in [-0.39, 0.29) is 19.1 Å². The van der Waals surface area contributed by atoms with Crippen LogP contribution in [0.1, 0.15) is 52.4 Å². The molecule has 6 aliphatic rings. The minimum absolute atomic E-state index is 0.205. The zero-order chi connectivity index (χ0) is 23.7. The molecule has 7 nitrogen and oxygen atoms in total. The number of methoxy groups -OCH3 is 2. The molecule has 2 unspecified atom stereocenters. The molecule has 0 spiro atoms. The van der Waals surface area contributed by atoms with Gasteiger partial charge in [-0.3, -0.25) is 4.79 Å². The highest BCUT2D eigenvalue weighted by Crippen LogP contribution is 2.53. The third-order valence-corrected chi connectivity index (χ3v) is 9.65. The van der Waals surface area contributed by atoms with Crippen LogP contribution in [0.15, 0.2) is 0 Å². The maximum absolute atomic E-state index is 12.1. The molecule has 0 aromatic heterocycles.